The van der Waals surface area contributed by atoms with Crippen molar-refractivity contribution in [2.45, 2.75) is 0 Å². The van der Waals surface area contributed by atoms with Crippen LogP contribution in [0.15, 0.2) is 42.5 Å². The number of aromatic nitrogens is 2. The molecule has 2 aromatic carbocycles. The van der Waals surface area contributed by atoms with E-state index in [2.05, 4.69) is 5.10 Å². The van der Waals surface area contributed by atoms with E-state index in [0.29, 0.717) is 34.3 Å². The molecule has 1 aromatic heterocycles. The molecule has 3 rings (SSSR count). The number of methoxy groups -OCH3 is 4. The molecule has 146 valence electrons. The third-order valence-electron chi connectivity index (χ3n) is 4.22. The van der Waals surface area contributed by atoms with Crippen molar-refractivity contribution in [1.82, 2.24) is 9.78 Å². The number of carbonyl (C=O) groups is 1. The molecule has 0 aliphatic rings. The van der Waals surface area contributed by atoms with Crippen molar-refractivity contribution in [3.63, 3.8) is 0 Å². The van der Waals surface area contributed by atoms with Crippen LogP contribution in [-0.2, 0) is 0 Å². The average Bonchev–Trinajstić information content (AvgIpc) is 3.13. The second-order valence-corrected chi connectivity index (χ2v) is 5.81. The maximum atomic E-state index is 13.2. The van der Waals surface area contributed by atoms with Crippen LogP contribution in [0, 0.1) is 0 Å². The van der Waals surface area contributed by atoms with E-state index in [1.807, 2.05) is 12.1 Å². The highest BCUT2D eigenvalue weighted by atomic mass is 16.5. The molecule has 2 N–H and O–H groups in total. The molecule has 8 nitrogen and oxygen atoms in total. The molecule has 28 heavy (non-hydrogen) atoms. The van der Waals surface area contributed by atoms with Crippen molar-refractivity contribution >= 4 is 11.7 Å². The predicted molar refractivity (Wildman–Crippen MR) is 104 cm³/mol. The van der Waals surface area contributed by atoms with Gasteiger partial charge in [-0.15, -0.1) is 5.10 Å². The molecule has 1 heterocycles. The number of nitrogen functional groups attached to an aromatic ring is 1. The molecule has 0 amide bonds. The van der Waals surface area contributed by atoms with Gasteiger partial charge in [-0.2, -0.15) is 4.68 Å². The quantitative estimate of drug-likeness (QED) is 0.699. The van der Waals surface area contributed by atoms with Gasteiger partial charge in [0, 0.05) is 17.2 Å². The molecule has 0 unspecified atom stereocenters. The van der Waals surface area contributed by atoms with Crippen molar-refractivity contribution in [2.75, 3.05) is 34.2 Å². The van der Waals surface area contributed by atoms with Gasteiger partial charge in [0.2, 0.25) is 5.75 Å². The van der Waals surface area contributed by atoms with Gasteiger partial charge in [0.15, 0.2) is 11.5 Å². The summed E-state index contributed by atoms with van der Waals surface area (Å²) in [5.74, 6) is 1.69. The average molecular weight is 383 g/mol. The second-order valence-electron chi connectivity index (χ2n) is 5.81. The van der Waals surface area contributed by atoms with Gasteiger partial charge in [0.05, 0.1) is 34.1 Å². The lowest BCUT2D eigenvalue weighted by molar-refractivity contribution is 0.0946. The van der Waals surface area contributed by atoms with Gasteiger partial charge in [-0.05, 0) is 36.4 Å². The first-order valence-electron chi connectivity index (χ1n) is 8.37. The Morgan fingerprint density at radius 1 is 0.893 bits per heavy atom. The van der Waals surface area contributed by atoms with E-state index in [-0.39, 0.29) is 11.7 Å². The van der Waals surface area contributed by atoms with Crippen LogP contribution >= 0.6 is 0 Å². The minimum absolute atomic E-state index is 0.228. The molecule has 0 fully saturated rings. The van der Waals surface area contributed by atoms with Gasteiger partial charge < -0.3 is 24.7 Å². The van der Waals surface area contributed by atoms with Gasteiger partial charge in [-0.3, -0.25) is 4.79 Å². The highest BCUT2D eigenvalue weighted by Crippen LogP contribution is 2.38. The molecule has 3 aromatic rings. The third kappa shape index (κ3) is 3.44. The molecule has 0 saturated heterocycles. The van der Waals surface area contributed by atoms with Gasteiger partial charge in [0.25, 0.3) is 5.91 Å². The second kappa shape index (κ2) is 7.91. The standard InChI is InChI=1S/C20H21N3O5/c1-25-14-7-5-12(6-8-14)15-11-18(21)22-23(15)20(24)13-9-16(26-2)19(28-4)17(10-13)27-3/h5-11H,1-4H3,(H2,21,22). The molecule has 0 atom stereocenters. The summed E-state index contributed by atoms with van der Waals surface area (Å²) in [4.78, 5) is 13.2. The fraction of sp³-hybridized carbons (Fsp3) is 0.200. The lowest BCUT2D eigenvalue weighted by Crippen LogP contribution is -2.15. The van der Waals surface area contributed by atoms with E-state index in [0.717, 1.165) is 5.56 Å². The number of hydrogen-bond donors (Lipinski definition) is 1. The zero-order valence-electron chi connectivity index (χ0n) is 16.1. The molecule has 0 spiro atoms. The van der Waals surface area contributed by atoms with Crippen molar-refractivity contribution in [3.8, 4) is 34.3 Å². The summed E-state index contributed by atoms with van der Waals surface area (Å²) < 4.78 is 22.4. The van der Waals surface area contributed by atoms with Gasteiger partial charge >= 0.3 is 0 Å². The van der Waals surface area contributed by atoms with E-state index in [1.165, 1.54) is 26.0 Å². The van der Waals surface area contributed by atoms with Crippen LogP contribution < -0.4 is 24.7 Å². The van der Waals surface area contributed by atoms with Crippen LogP contribution in [0.25, 0.3) is 11.3 Å². The highest BCUT2D eigenvalue weighted by Gasteiger charge is 2.21. The number of rotatable bonds is 6. The summed E-state index contributed by atoms with van der Waals surface area (Å²) in [5, 5.41) is 4.16. The van der Waals surface area contributed by atoms with Crippen LogP contribution in [0.4, 0.5) is 5.82 Å². The number of hydrogen-bond acceptors (Lipinski definition) is 7. The third-order valence-corrected chi connectivity index (χ3v) is 4.22. The monoisotopic (exact) mass is 383 g/mol. The van der Waals surface area contributed by atoms with Crippen molar-refractivity contribution in [3.05, 3.63) is 48.0 Å². The van der Waals surface area contributed by atoms with Gasteiger partial charge in [0.1, 0.15) is 11.6 Å². The van der Waals surface area contributed by atoms with Crippen molar-refractivity contribution < 1.29 is 23.7 Å². The summed E-state index contributed by atoms with van der Waals surface area (Å²) in [6.07, 6.45) is 0. The Labute approximate surface area is 162 Å². The van der Waals surface area contributed by atoms with Crippen LogP contribution in [0.5, 0.6) is 23.0 Å². The van der Waals surface area contributed by atoms with E-state index in [1.54, 1.807) is 37.4 Å². The zero-order valence-corrected chi connectivity index (χ0v) is 16.1. The van der Waals surface area contributed by atoms with Crippen LogP contribution in [0.1, 0.15) is 10.4 Å². The summed E-state index contributed by atoms with van der Waals surface area (Å²) in [6, 6.07) is 12.0. The zero-order chi connectivity index (χ0) is 20.3. The van der Waals surface area contributed by atoms with Crippen LogP contribution in [0.2, 0.25) is 0 Å². The smallest absolute Gasteiger partial charge is 0.279 e. The Kier molecular flexibility index (Phi) is 5.39. The fourth-order valence-corrected chi connectivity index (χ4v) is 2.85. The summed E-state index contributed by atoms with van der Waals surface area (Å²) >= 11 is 0. The summed E-state index contributed by atoms with van der Waals surface area (Å²) in [5.41, 5.74) is 7.50. The molecule has 0 saturated carbocycles. The summed E-state index contributed by atoms with van der Waals surface area (Å²) in [6.45, 7) is 0. The van der Waals surface area contributed by atoms with E-state index in [9.17, 15) is 4.79 Å². The van der Waals surface area contributed by atoms with E-state index >= 15 is 0 Å². The lowest BCUT2D eigenvalue weighted by Gasteiger charge is -2.14. The van der Waals surface area contributed by atoms with E-state index < -0.39 is 0 Å². The summed E-state index contributed by atoms with van der Waals surface area (Å²) in [7, 11) is 6.06. The Balaban J connectivity index is 2.08. The number of nitrogens with zero attached hydrogens (tertiary/aromatic N) is 2. The topological polar surface area (TPSA) is 97.8 Å². The highest BCUT2D eigenvalue weighted by molar-refractivity contribution is 5.99. The molecule has 0 radical (unpaired) electrons. The number of ether oxygens (including phenoxy) is 4. The SMILES string of the molecule is COc1ccc(-c2cc(N)nn2C(=O)c2cc(OC)c(OC)c(OC)c2)cc1. The number of benzene rings is 2. The molecule has 0 bridgehead atoms. The largest absolute Gasteiger partial charge is 0.497 e. The fourth-order valence-electron chi connectivity index (χ4n) is 2.85. The Morgan fingerprint density at radius 3 is 2.00 bits per heavy atom. The maximum absolute atomic E-state index is 13.2. The predicted octanol–water partition coefficient (Wildman–Crippen LogP) is 2.86. The van der Waals surface area contributed by atoms with E-state index in [4.69, 9.17) is 24.7 Å². The lowest BCUT2D eigenvalue weighted by atomic mass is 10.1. The minimum Gasteiger partial charge on any atom is -0.497 e. The molecule has 0 aliphatic carbocycles. The maximum Gasteiger partial charge on any atom is 0.279 e. The molecule has 8 heteroatoms. The Bertz CT molecular complexity index is 971. The Morgan fingerprint density at radius 2 is 1.50 bits per heavy atom. The Hall–Kier alpha value is -3.68. The normalized spacial score (nSPS) is 10.4. The van der Waals surface area contributed by atoms with Crippen LogP contribution in [0.3, 0.4) is 0 Å². The molecule has 0 aliphatic heterocycles. The van der Waals surface area contributed by atoms with Gasteiger partial charge in [-0.25, -0.2) is 0 Å². The number of nitrogens with two attached hydrogens (primary N) is 1. The first-order valence-corrected chi connectivity index (χ1v) is 8.37. The van der Waals surface area contributed by atoms with Crippen LogP contribution in [-0.4, -0.2) is 44.1 Å². The van der Waals surface area contributed by atoms with Crippen molar-refractivity contribution in [2.24, 2.45) is 0 Å². The number of carbonyl (C=O) groups excluding carboxylic acids is 1. The first-order chi connectivity index (χ1) is 13.5. The first kappa shape index (κ1) is 19.1. The van der Waals surface area contributed by atoms with Crippen molar-refractivity contribution in [1.29, 1.82) is 0 Å². The number of anilines is 1. The molecular formula is C20H21N3O5. The minimum atomic E-state index is -0.387. The molecular weight excluding hydrogens is 362 g/mol. The van der Waals surface area contributed by atoms with Gasteiger partial charge in [-0.1, -0.05) is 0 Å².